The smallest absolute Gasteiger partial charge is 0.265 e. The molecular formula is C19H23NO2. The number of anilines is 1. The molecule has 0 saturated carbocycles. The first-order valence-electron chi connectivity index (χ1n) is 7.61. The van der Waals surface area contributed by atoms with E-state index in [0.29, 0.717) is 6.42 Å². The van der Waals surface area contributed by atoms with E-state index in [0.717, 1.165) is 28.1 Å². The van der Waals surface area contributed by atoms with Crippen LogP contribution in [0.5, 0.6) is 5.75 Å². The van der Waals surface area contributed by atoms with Gasteiger partial charge in [-0.3, -0.25) is 4.79 Å². The number of hydrogen-bond acceptors (Lipinski definition) is 2. The summed E-state index contributed by atoms with van der Waals surface area (Å²) in [6.45, 7) is 7.92. The van der Waals surface area contributed by atoms with Crippen LogP contribution >= 0.6 is 0 Å². The van der Waals surface area contributed by atoms with Gasteiger partial charge in [-0.2, -0.15) is 0 Å². The van der Waals surface area contributed by atoms with Crippen molar-refractivity contribution < 1.29 is 9.53 Å². The quantitative estimate of drug-likeness (QED) is 0.888. The van der Waals surface area contributed by atoms with Gasteiger partial charge in [0, 0.05) is 5.69 Å². The molecule has 0 aromatic heterocycles. The maximum absolute atomic E-state index is 12.5. The Hall–Kier alpha value is -2.29. The summed E-state index contributed by atoms with van der Waals surface area (Å²) in [6.07, 6.45) is 0.117. The normalized spacial score (nSPS) is 11.8. The SMILES string of the molecule is CC[C@H](Oc1ccccc1C)C(=O)Nc1cc(C)ccc1C. The number of rotatable bonds is 5. The summed E-state index contributed by atoms with van der Waals surface area (Å²) in [5.74, 6) is 0.643. The molecule has 0 radical (unpaired) electrons. The lowest BCUT2D eigenvalue weighted by Crippen LogP contribution is -2.32. The van der Waals surface area contributed by atoms with Crippen molar-refractivity contribution in [1.82, 2.24) is 0 Å². The van der Waals surface area contributed by atoms with Crippen LogP contribution in [-0.4, -0.2) is 12.0 Å². The summed E-state index contributed by atoms with van der Waals surface area (Å²) in [6, 6.07) is 13.8. The van der Waals surface area contributed by atoms with Gasteiger partial charge in [-0.25, -0.2) is 0 Å². The zero-order valence-corrected chi connectivity index (χ0v) is 13.6. The second-order valence-electron chi connectivity index (χ2n) is 5.59. The highest BCUT2D eigenvalue weighted by atomic mass is 16.5. The number of nitrogens with one attached hydrogen (secondary N) is 1. The summed E-state index contributed by atoms with van der Waals surface area (Å²) in [7, 11) is 0. The van der Waals surface area contributed by atoms with E-state index >= 15 is 0 Å². The van der Waals surface area contributed by atoms with Crippen LogP contribution in [0.25, 0.3) is 0 Å². The molecule has 0 saturated heterocycles. The van der Waals surface area contributed by atoms with Crippen LogP contribution in [0, 0.1) is 20.8 Å². The maximum Gasteiger partial charge on any atom is 0.265 e. The fraction of sp³-hybridized carbons (Fsp3) is 0.316. The van der Waals surface area contributed by atoms with Gasteiger partial charge < -0.3 is 10.1 Å². The molecule has 0 unspecified atom stereocenters. The lowest BCUT2D eigenvalue weighted by atomic mass is 10.1. The molecule has 0 spiro atoms. The number of para-hydroxylation sites is 1. The highest BCUT2D eigenvalue weighted by Gasteiger charge is 2.19. The lowest BCUT2D eigenvalue weighted by molar-refractivity contribution is -0.122. The van der Waals surface area contributed by atoms with E-state index in [4.69, 9.17) is 4.74 Å². The Balaban J connectivity index is 2.12. The van der Waals surface area contributed by atoms with E-state index in [9.17, 15) is 4.79 Å². The first kappa shape index (κ1) is 16.1. The second kappa shape index (κ2) is 7.12. The molecule has 22 heavy (non-hydrogen) atoms. The van der Waals surface area contributed by atoms with Gasteiger partial charge in [0.15, 0.2) is 6.10 Å². The van der Waals surface area contributed by atoms with Crippen LogP contribution in [0.3, 0.4) is 0 Å². The minimum atomic E-state index is -0.499. The van der Waals surface area contributed by atoms with Crippen molar-refractivity contribution in [1.29, 1.82) is 0 Å². The van der Waals surface area contributed by atoms with Crippen molar-refractivity contribution in [2.75, 3.05) is 5.32 Å². The minimum absolute atomic E-state index is 0.112. The van der Waals surface area contributed by atoms with Crippen molar-refractivity contribution in [2.45, 2.75) is 40.2 Å². The Morgan fingerprint density at radius 1 is 1.09 bits per heavy atom. The average molecular weight is 297 g/mol. The number of carbonyl (C=O) groups is 1. The molecule has 2 aromatic rings. The summed E-state index contributed by atoms with van der Waals surface area (Å²) in [4.78, 5) is 12.5. The highest BCUT2D eigenvalue weighted by molar-refractivity contribution is 5.95. The number of aryl methyl sites for hydroxylation is 3. The van der Waals surface area contributed by atoms with E-state index in [1.54, 1.807) is 0 Å². The maximum atomic E-state index is 12.5. The number of amides is 1. The van der Waals surface area contributed by atoms with Gasteiger partial charge in [-0.1, -0.05) is 37.3 Å². The lowest BCUT2D eigenvalue weighted by Gasteiger charge is -2.19. The van der Waals surface area contributed by atoms with E-state index in [-0.39, 0.29) is 5.91 Å². The Kier molecular flexibility index (Phi) is 5.21. The molecule has 0 bridgehead atoms. The number of ether oxygens (including phenoxy) is 1. The van der Waals surface area contributed by atoms with Crippen LogP contribution in [-0.2, 0) is 4.79 Å². The van der Waals surface area contributed by atoms with Crippen molar-refractivity contribution in [3.8, 4) is 5.75 Å². The fourth-order valence-electron chi connectivity index (χ4n) is 2.25. The molecule has 0 aliphatic rings. The zero-order valence-electron chi connectivity index (χ0n) is 13.6. The fourth-order valence-corrected chi connectivity index (χ4v) is 2.25. The molecule has 2 aromatic carbocycles. The number of carbonyl (C=O) groups excluding carboxylic acids is 1. The number of benzene rings is 2. The molecule has 2 rings (SSSR count). The molecule has 1 amide bonds. The van der Waals surface area contributed by atoms with Gasteiger partial charge in [-0.05, 0) is 56.0 Å². The van der Waals surface area contributed by atoms with Gasteiger partial charge in [-0.15, -0.1) is 0 Å². The van der Waals surface area contributed by atoms with Crippen LogP contribution in [0.1, 0.15) is 30.0 Å². The standard InChI is InChI=1S/C19H23NO2/c1-5-17(22-18-9-7-6-8-15(18)4)19(21)20-16-12-13(2)10-11-14(16)3/h6-12,17H,5H2,1-4H3,(H,20,21)/t17-/m0/s1. The monoisotopic (exact) mass is 297 g/mol. The first-order chi connectivity index (χ1) is 10.5. The molecule has 3 nitrogen and oxygen atoms in total. The van der Waals surface area contributed by atoms with Gasteiger partial charge in [0.1, 0.15) is 5.75 Å². The molecule has 0 heterocycles. The Morgan fingerprint density at radius 3 is 2.50 bits per heavy atom. The van der Waals surface area contributed by atoms with Crippen molar-refractivity contribution in [3.63, 3.8) is 0 Å². The third-order valence-electron chi connectivity index (χ3n) is 3.68. The highest BCUT2D eigenvalue weighted by Crippen LogP contribution is 2.21. The van der Waals surface area contributed by atoms with E-state index in [1.807, 2.05) is 70.2 Å². The van der Waals surface area contributed by atoms with Crippen LogP contribution in [0.4, 0.5) is 5.69 Å². The Morgan fingerprint density at radius 2 is 1.82 bits per heavy atom. The van der Waals surface area contributed by atoms with Gasteiger partial charge in [0.2, 0.25) is 0 Å². The summed E-state index contributed by atoms with van der Waals surface area (Å²) >= 11 is 0. The molecule has 116 valence electrons. The van der Waals surface area contributed by atoms with Crippen LogP contribution in [0.15, 0.2) is 42.5 Å². The summed E-state index contributed by atoms with van der Waals surface area (Å²) in [5.41, 5.74) is 4.04. The van der Waals surface area contributed by atoms with Gasteiger partial charge in [0.05, 0.1) is 0 Å². The molecular weight excluding hydrogens is 274 g/mol. The predicted molar refractivity (Wildman–Crippen MR) is 90.4 cm³/mol. The third kappa shape index (κ3) is 3.88. The molecule has 0 aliphatic heterocycles. The molecule has 1 N–H and O–H groups in total. The van der Waals surface area contributed by atoms with Gasteiger partial charge in [0.25, 0.3) is 5.91 Å². The topological polar surface area (TPSA) is 38.3 Å². The van der Waals surface area contributed by atoms with E-state index in [2.05, 4.69) is 5.32 Å². The van der Waals surface area contributed by atoms with Crippen molar-refractivity contribution in [2.24, 2.45) is 0 Å². The van der Waals surface area contributed by atoms with Crippen LogP contribution < -0.4 is 10.1 Å². The summed E-state index contributed by atoms with van der Waals surface area (Å²) in [5, 5.41) is 2.98. The molecule has 3 heteroatoms. The zero-order chi connectivity index (χ0) is 16.1. The second-order valence-corrected chi connectivity index (χ2v) is 5.59. The predicted octanol–water partition coefficient (Wildman–Crippen LogP) is 4.41. The average Bonchev–Trinajstić information content (AvgIpc) is 2.50. The van der Waals surface area contributed by atoms with Crippen LogP contribution in [0.2, 0.25) is 0 Å². The Bertz CT molecular complexity index is 664. The number of hydrogen-bond donors (Lipinski definition) is 1. The Labute approximate surface area is 132 Å². The van der Waals surface area contributed by atoms with Gasteiger partial charge >= 0.3 is 0 Å². The van der Waals surface area contributed by atoms with E-state index < -0.39 is 6.10 Å². The molecule has 1 atom stereocenters. The van der Waals surface area contributed by atoms with Crippen molar-refractivity contribution in [3.05, 3.63) is 59.2 Å². The molecule has 0 fully saturated rings. The largest absolute Gasteiger partial charge is 0.480 e. The third-order valence-corrected chi connectivity index (χ3v) is 3.68. The summed E-state index contributed by atoms with van der Waals surface area (Å²) < 4.78 is 5.89. The van der Waals surface area contributed by atoms with E-state index in [1.165, 1.54) is 0 Å². The van der Waals surface area contributed by atoms with Crippen molar-refractivity contribution >= 4 is 11.6 Å². The minimum Gasteiger partial charge on any atom is -0.480 e. The molecule has 0 aliphatic carbocycles. The first-order valence-corrected chi connectivity index (χ1v) is 7.61.